The van der Waals surface area contributed by atoms with Crippen molar-refractivity contribution in [2.45, 2.75) is 32.2 Å². The van der Waals surface area contributed by atoms with Crippen molar-refractivity contribution in [2.75, 3.05) is 7.11 Å². The number of ether oxygens (including phenoxy) is 1. The van der Waals surface area contributed by atoms with E-state index in [0.717, 1.165) is 49.4 Å². The lowest BCUT2D eigenvalue weighted by atomic mass is 10.1. The van der Waals surface area contributed by atoms with Crippen molar-refractivity contribution in [3.05, 3.63) is 45.9 Å². The van der Waals surface area contributed by atoms with Gasteiger partial charge >= 0.3 is 0 Å². The zero-order chi connectivity index (χ0) is 14.8. The number of aromatic nitrogens is 2. The molecule has 0 fully saturated rings. The molecule has 0 saturated carbocycles. The van der Waals surface area contributed by atoms with Gasteiger partial charge in [-0.05, 0) is 43.5 Å². The van der Waals surface area contributed by atoms with Crippen molar-refractivity contribution >= 4 is 0 Å². The fourth-order valence-corrected chi connectivity index (χ4v) is 2.90. The molecule has 1 aliphatic heterocycles. The van der Waals surface area contributed by atoms with Crippen LogP contribution in [0.15, 0.2) is 29.1 Å². The van der Waals surface area contributed by atoms with Crippen molar-refractivity contribution in [1.29, 1.82) is 5.26 Å². The summed E-state index contributed by atoms with van der Waals surface area (Å²) in [5, 5.41) is 9.31. The van der Waals surface area contributed by atoms with Gasteiger partial charge in [0.2, 0.25) is 0 Å². The molecule has 1 aromatic carbocycles. The molecule has 5 nitrogen and oxygen atoms in total. The molecule has 0 aliphatic carbocycles. The molecule has 3 rings (SSSR count). The highest BCUT2D eigenvalue weighted by atomic mass is 16.5. The molecule has 0 spiro atoms. The third-order valence-corrected chi connectivity index (χ3v) is 3.96. The zero-order valence-corrected chi connectivity index (χ0v) is 12.0. The number of nitrogens with zero attached hydrogens (tertiary/aromatic N) is 3. The zero-order valence-electron chi connectivity index (χ0n) is 12.0. The lowest BCUT2D eigenvalue weighted by Crippen LogP contribution is -2.22. The molecule has 108 valence electrons. The highest BCUT2D eigenvalue weighted by molar-refractivity contribution is 5.41. The lowest BCUT2D eigenvalue weighted by molar-refractivity contribution is 0.414. The van der Waals surface area contributed by atoms with Gasteiger partial charge in [0.1, 0.15) is 17.4 Å². The Kier molecular flexibility index (Phi) is 3.53. The van der Waals surface area contributed by atoms with Crippen molar-refractivity contribution < 1.29 is 4.74 Å². The summed E-state index contributed by atoms with van der Waals surface area (Å²) >= 11 is 0. The SMILES string of the molecule is COc1ccc(-n2c(=O)c(C#N)c3n2CCCCC3)cc1. The van der Waals surface area contributed by atoms with Crippen LogP contribution in [0.3, 0.4) is 0 Å². The Morgan fingerprint density at radius 1 is 1.19 bits per heavy atom. The minimum absolute atomic E-state index is 0.223. The Bertz CT molecular complexity index is 748. The second-order valence-corrected chi connectivity index (χ2v) is 5.18. The molecule has 2 heterocycles. The lowest BCUT2D eigenvalue weighted by Gasteiger charge is -2.12. The Balaban J connectivity index is 2.19. The van der Waals surface area contributed by atoms with E-state index in [0.29, 0.717) is 0 Å². The van der Waals surface area contributed by atoms with E-state index in [9.17, 15) is 10.1 Å². The first-order valence-electron chi connectivity index (χ1n) is 7.15. The number of fused-ring (bicyclic) bond motifs is 1. The first-order valence-corrected chi connectivity index (χ1v) is 7.15. The average molecular weight is 283 g/mol. The average Bonchev–Trinajstić information content (AvgIpc) is 2.67. The Morgan fingerprint density at radius 3 is 2.62 bits per heavy atom. The summed E-state index contributed by atoms with van der Waals surface area (Å²) in [6.45, 7) is 0.776. The van der Waals surface area contributed by atoms with Gasteiger partial charge < -0.3 is 4.74 Å². The van der Waals surface area contributed by atoms with Gasteiger partial charge in [-0.3, -0.25) is 9.48 Å². The number of rotatable bonds is 2. The molecule has 2 aromatic rings. The van der Waals surface area contributed by atoms with Crippen LogP contribution in [0.2, 0.25) is 0 Å². The van der Waals surface area contributed by atoms with Crippen LogP contribution in [0.25, 0.3) is 5.69 Å². The molecular formula is C16H17N3O2. The highest BCUT2D eigenvalue weighted by Crippen LogP contribution is 2.20. The topological polar surface area (TPSA) is 59.9 Å². The molecule has 0 saturated heterocycles. The first kappa shape index (κ1) is 13.5. The quantitative estimate of drug-likeness (QED) is 0.849. The minimum atomic E-state index is -0.223. The Morgan fingerprint density at radius 2 is 1.95 bits per heavy atom. The van der Waals surface area contributed by atoms with Crippen LogP contribution < -0.4 is 10.3 Å². The van der Waals surface area contributed by atoms with Crippen molar-refractivity contribution in [2.24, 2.45) is 0 Å². The van der Waals surface area contributed by atoms with E-state index >= 15 is 0 Å². The Hall–Kier alpha value is -2.48. The molecule has 0 atom stereocenters. The number of nitriles is 1. The van der Waals surface area contributed by atoms with E-state index in [1.54, 1.807) is 11.8 Å². The standard InChI is InChI=1S/C16H17N3O2/c1-21-13-8-6-12(7-9-13)19-16(20)14(11-17)15-5-3-2-4-10-18(15)19/h6-9H,2-5,10H2,1H3. The summed E-state index contributed by atoms with van der Waals surface area (Å²) in [5.41, 5.74) is 1.70. The van der Waals surface area contributed by atoms with E-state index in [2.05, 4.69) is 6.07 Å². The maximum Gasteiger partial charge on any atom is 0.289 e. The monoisotopic (exact) mass is 283 g/mol. The van der Waals surface area contributed by atoms with E-state index in [1.165, 1.54) is 0 Å². The molecule has 0 amide bonds. The highest BCUT2D eigenvalue weighted by Gasteiger charge is 2.22. The molecule has 5 heteroatoms. The van der Waals surface area contributed by atoms with Gasteiger partial charge in [-0.25, -0.2) is 4.68 Å². The number of benzene rings is 1. The van der Waals surface area contributed by atoms with Crippen molar-refractivity contribution in [1.82, 2.24) is 9.36 Å². The maximum absolute atomic E-state index is 12.5. The smallest absolute Gasteiger partial charge is 0.289 e. The van der Waals surface area contributed by atoms with Crippen LogP contribution in [0.4, 0.5) is 0 Å². The first-order chi connectivity index (χ1) is 10.3. The largest absolute Gasteiger partial charge is 0.497 e. The molecule has 1 aliphatic rings. The van der Waals surface area contributed by atoms with Gasteiger partial charge in [-0.2, -0.15) is 5.26 Å². The fourth-order valence-electron chi connectivity index (χ4n) is 2.90. The van der Waals surface area contributed by atoms with Crippen molar-refractivity contribution in [3.63, 3.8) is 0 Å². The van der Waals surface area contributed by atoms with Gasteiger partial charge in [-0.15, -0.1) is 0 Å². The third kappa shape index (κ3) is 2.23. The number of methoxy groups -OCH3 is 1. The molecule has 0 bridgehead atoms. The summed E-state index contributed by atoms with van der Waals surface area (Å²) in [4.78, 5) is 12.5. The second-order valence-electron chi connectivity index (χ2n) is 5.18. The van der Waals surface area contributed by atoms with Gasteiger partial charge in [0.05, 0.1) is 18.5 Å². The van der Waals surface area contributed by atoms with Crippen LogP contribution in [0.5, 0.6) is 5.75 Å². The van der Waals surface area contributed by atoms with Crippen LogP contribution in [-0.4, -0.2) is 16.5 Å². The van der Waals surface area contributed by atoms with E-state index in [1.807, 2.05) is 28.9 Å². The predicted molar refractivity (Wildman–Crippen MR) is 78.9 cm³/mol. The summed E-state index contributed by atoms with van der Waals surface area (Å²) in [7, 11) is 1.61. The molecule has 0 radical (unpaired) electrons. The van der Waals surface area contributed by atoms with E-state index in [4.69, 9.17) is 4.74 Å². The molecule has 0 N–H and O–H groups in total. The van der Waals surface area contributed by atoms with Gasteiger partial charge in [0.15, 0.2) is 0 Å². The van der Waals surface area contributed by atoms with Gasteiger partial charge in [0, 0.05) is 6.54 Å². The van der Waals surface area contributed by atoms with E-state index in [-0.39, 0.29) is 11.1 Å². The Labute approximate surface area is 123 Å². The van der Waals surface area contributed by atoms with Crippen molar-refractivity contribution in [3.8, 4) is 17.5 Å². The summed E-state index contributed by atoms with van der Waals surface area (Å²) in [6, 6.07) is 9.43. The molecular weight excluding hydrogens is 266 g/mol. The minimum Gasteiger partial charge on any atom is -0.497 e. The summed E-state index contributed by atoms with van der Waals surface area (Å²) in [5.74, 6) is 0.745. The molecule has 0 unspecified atom stereocenters. The fraction of sp³-hybridized carbons (Fsp3) is 0.375. The van der Waals surface area contributed by atoms with Crippen LogP contribution in [0, 0.1) is 11.3 Å². The van der Waals surface area contributed by atoms with E-state index < -0.39 is 0 Å². The van der Waals surface area contributed by atoms with Crippen LogP contribution in [0.1, 0.15) is 30.5 Å². The van der Waals surface area contributed by atoms with Gasteiger partial charge in [-0.1, -0.05) is 6.42 Å². The summed E-state index contributed by atoms with van der Waals surface area (Å²) < 4.78 is 8.74. The van der Waals surface area contributed by atoms with Crippen LogP contribution >= 0.6 is 0 Å². The number of hydrogen-bond acceptors (Lipinski definition) is 3. The molecule has 1 aromatic heterocycles. The van der Waals surface area contributed by atoms with Crippen LogP contribution in [-0.2, 0) is 13.0 Å². The normalized spacial score (nSPS) is 14.1. The molecule has 21 heavy (non-hydrogen) atoms. The van der Waals surface area contributed by atoms with Gasteiger partial charge in [0.25, 0.3) is 5.56 Å². The third-order valence-electron chi connectivity index (χ3n) is 3.96. The predicted octanol–water partition coefficient (Wildman–Crippen LogP) is 2.25. The summed E-state index contributed by atoms with van der Waals surface area (Å²) in [6.07, 6.45) is 3.98. The maximum atomic E-state index is 12.5. The number of hydrogen-bond donors (Lipinski definition) is 0. The second kappa shape index (κ2) is 5.49.